The standard InChI is InChI=1S/C10H16N2O3/c1-7-6-12(2-3-15-7)10(14)8-4-9(13)11-5-8/h7-8H,2-6H2,1H3,(H,11,13). The van der Waals surface area contributed by atoms with Crippen LogP contribution in [0.15, 0.2) is 0 Å². The van der Waals surface area contributed by atoms with E-state index >= 15 is 0 Å². The Hall–Kier alpha value is -1.10. The quantitative estimate of drug-likeness (QED) is 0.629. The van der Waals surface area contributed by atoms with Gasteiger partial charge in [-0.05, 0) is 6.92 Å². The zero-order valence-electron chi connectivity index (χ0n) is 8.86. The lowest BCUT2D eigenvalue weighted by Crippen LogP contribution is -2.47. The third-order valence-corrected chi connectivity index (χ3v) is 2.88. The highest BCUT2D eigenvalue weighted by Crippen LogP contribution is 2.15. The molecule has 2 rings (SSSR count). The lowest BCUT2D eigenvalue weighted by atomic mass is 10.1. The summed E-state index contributed by atoms with van der Waals surface area (Å²) < 4.78 is 5.37. The van der Waals surface area contributed by atoms with Crippen LogP contribution in [0.2, 0.25) is 0 Å². The maximum Gasteiger partial charge on any atom is 0.228 e. The molecule has 2 atom stereocenters. The van der Waals surface area contributed by atoms with Gasteiger partial charge in [0.05, 0.1) is 18.6 Å². The normalized spacial score (nSPS) is 31.5. The summed E-state index contributed by atoms with van der Waals surface area (Å²) in [6.45, 7) is 4.33. The van der Waals surface area contributed by atoms with Crippen LogP contribution >= 0.6 is 0 Å². The first-order chi connectivity index (χ1) is 7.16. The Balaban J connectivity index is 1.92. The molecule has 0 radical (unpaired) electrons. The van der Waals surface area contributed by atoms with Crippen LogP contribution in [0, 0.1) is 5.92 Å². The molecule has 1 N–H and O–H groups in total. The van der Waals surface area contributed by atoms with Crippen LogP contribution in [0.25, 0.3) is 0 Å². The van der Waals surface area contributed by atoms with Gasteiger partial charge in [-0.15, -0.1) is 0 Å². The average Bonchev–Trinajstić information content (AvgIpc) is 2.64. The van der Waals surface area contributed by atoms with Crippen LogP contribution in [-0.4, -0.2) is 49.1 Å². The van der Waals surface area contributed by atoms with E-state index in [2.05, 4.69) is 5.32 Å². The second kappa shape index (κ2) is 4.18. The van der Waals surface area contributed by atoms with E-state index < -0.39 is 0 Å². The molecule has 2 saturated heterocycles. The summed E-state index contributed by atoms with van der Waals surface area (Å²) in [5.41, 5.74) is 0. The predicted molar refractivity (Wildman–Crippen MR) is 53.1 cm³/mol. The van der Waals surface area contributed by atoms with Crippen molar-refractivity contribution in [3.63, 3.8) is 0 Å². The monoisotopic (exact) mass is 212 g/mol. The topological polar surface area (TPSA) is 58.6 Å². The second-order valence-electron chi connectivity index (χ2n) is 4.17. The van der Waals surface area contributed by atoms with Crippen molar-refractivity contribution in [1.29, 1.82) is 0 Å². The Kier molecular flexibility index (Phi) is 2.90. The van der Waals surface area contributed by atoms with Crippen LogP contribution in [0.4, 0.5) is 0 Å². The molecule has 2 aliphatic rings. The maximum atomic E-state index is 12.0. The van der Waals surface area contributed by atoms with Gasteiger partial charge in [0.1, 0.15) is 0 Å². The van der Waals surface area contributed by atoms with Crippen LogP contribution < -0.4 is 5.32 Å². The van der Waals surface area contributed by atoms with Crippen LogP contribution in [0.3, 0.4) is 0 Å². The van der Waals surface area contributed by atoms with Crippen LogP contribution in [0.5, 0.6) is 0 Å². The molecule has 0 aromatic heterocycles. The number of morpholine rings is 1. The SMILES string of the molecule is CC1CN(C(=O)C2CNC(=O)C2)CCO1. The van der Waals surface area contributed by atoms with Crippen molar-refractivity contribution >= 4 is 11.8 Å². The van der Waals surface area contributed by atoms with E-state index in [0.29, 0.717) is 32.7 Å². The molecule has 0 bridgehead atoms. The minimum absolute atomic E-state index is 0.0188. The zero-order valence-corrected chi connectivity index (χ0v) is 8.86. The van der Waals surface area contributed by atoms with E-state index in [1.807, 2.05) is 6.92 Å². The van der Waals surface area contributed by atoms with Crippen molar-refractivity contribution in [1.82, 2.24) is 10.2 Å². The lowest BCUT2D eigenvalue weighted by molar-refractivity contribution is -0.142. The number of ether oxygens (including phenoxy) is 1. The third kappa shape index (κ3) is 2.28. The minimum Gasteiger partial charge on any atom is -0.375 e. The largest absolute Gasteiger partial charge is 0.375 e. The van der Waals surface area contributed by atoms with Crippen molar-refractivity contribution in [2.75, 3.05) is 26.2 Å². The van der Waals surface area contributed by atoms with Crippen LogP contribution in [0.1, 0.15) is 13.3 Å². The average molecular weight is 212 g/mol. The Bertz CT molecular complexity index is 280. The second-order valence-corrected chi connectivity index (χ2v) is 4.17. The molecule has 0 aromatic carbocycles. The van der Waals surface area contributed by atoms with Gasteiger partial charge >= 0.3 is 0 Å². The van der Waals surface area contributed by atoms with E-state index in [0.717, 1.165) is 0 Å². The molecular weight excluding hydrogens is 196 g/mol. The van der Waals surface area contributed by atoms with E-state index in [1.165, 1.54) is 0 Å². The highest BCUT2D eigenvalue weighted by atomic mass is 16.5. The Morgan fingerprint density at radius 1 is 1.60 bits per heavy atom. The minimum atomic E-state index is -0.164. The highest BCUT2D eigenvalue weighted by molar-refractivity contribution is 5.89. The van der Waals surface area contributed by atoms with Crippen LogP contribution in [-0.2, 0) is 14.3 Å². The molecule has 2 fully saturated rings. The Morgan fingerprint density at radius 2 is 2.40 bits per heavy atom. The van der Waals surface area contributed by atoms with Crippen molar-refractivity contribution in [2.24, 2.45) is 5.92 Å². The van der Waals surface area contributed by atoms with E-state index in [9.17, 15) is 9.59 Å². The van der Waals surface area contributed by atoms with E-state index in [1.54, 1.807) is 4.90 Å². The molecule has 0 spiro atoms. The molecule has 2 unspecified atom stereocenters. The third-order valence-electron chi connectivity index (χ3n) is 2.88. The summed E-state index contributed by atoms with van der Waals surface area (Å²) in [6.07, 6.45) is 0.442. The Labute approximate surface area is 88.8 Å². The highest BCUT2D eigenvalue weighted by Gasteiger charge is 2.32. The van der Waals surface area contributed by atoms with Gasteiger partial charge < -0.3 is 15.0 Å². The van der Waals surface area contributed by atoms with Gasteiger partial charge in [0.15, 0.2) is 0 Å². The van der Waals surface area contributed by atoms with Gasteiger partial charge in [-0.2, -0.15) is 0 Å². The fourth-order valence-corrected chi connectivity index (χ4v) is 2.06. The fraction of sp³-hybridized carbons (Fsp3) is 0.800. The summed E-state index contributed by atoms with van der Waals surface area (Å²) in [4.78, 5) is 24.8. The molecule has 2 amide bonds. The van der Waals surface area contributed by atoms with Gasteiger partial charge in [-0.25, -0.2) is 0 Å². The lowest BCUT2D eigenvalue weighted by Gasteiger charge is -2.32. The first kappa shape index (κ1) is 10.4. The van der Waals surface area contributed by atoms with Crippen molar-refractivity contribution in [3.8, 4) is 0 Å². The number of nitrogens with one attached hydrogen (secondary N) is 1. The molecule has 5 nitrogen and oxygen atoms in total. The van der Waals surface area contributed by atoms with Gasteiger partial charge in [-0.3, -0.25) is 9.59 Å². The van der Waals surface area contributed by atoms with Gasteiger partial charge in [0, 0.05) is 26.1 Å². The molecule has 0 saturated carbocycles. The summed E-state index contributed by atoms with van der Waals surface area (Å²) >= 11 is 0. The van der Waals surface area contributed by atoms with Crippen molar-refractivity contribution in [2.45, 2.75) is 19.4 Å². The number of nitrogens with zero attached hydrogens (tertiary/aromatic N) is 1. The number of amides is 2. The molecule has 5 heteroatoms. The smallest absolute Gasteiger partial charge is 0.228 e. The number of rotatable bonds is 1. The van der Waals surface area contributed by atoms with E-state index in [4.69, 9.17) is 4.74 Å². The molecule has 0 aromatic rings. The summed E-state index contributed by atoms with van der Waals surface area (Å²) in [7, 11) is 0. The molecule has 2 aliphatic heterocycles. The number of carbonyl (C=O) groups is 2. The fourth-order valence-electron chi connectivity index (χ4n) is 2.06. The predicted octanol–water partition coefficient (Wildman–Crippen LogP) is -0.630. The molecule has 84 valence electrons. The first-order valence-electron chi connectivity index (χ1n) is 5.34. The van der Waals surface area contributed by atoms with Crippen molar-refractivity contribution < 1.29 is 14.3 Å². The van der Waals surface area contributed by atoms with Gasteiger partial charge in [0.25, 0.3) is 0 Å². The summed E-state index contributed by atoms with van der Waals surface area (Å²) in [6, 6.07) is 0. The zero-order chi connectivity index (χ0) is 10.8. The summed E-state index contributed by atoms with van der Waals surface area (Å²) in [5.74, 6) is -0.0963. The van der Waals surface area contributed by atoms with E-state index in [-0.39, 0.29) is 23.8 Å². The van der Waals surface area contributed by atoms with Gasteiger partial charge in [0.2, 0.25) is 11.8 Å². The number of hydrogen-bond acceptors (Lipinski definition) is 3. The molecular formula is C10H16N2O3. The molecule has 0 aliphatic carbocycles. The van der Waals surface area contributed by atoms with Crippen molar-refractivity contribution in [3.05, 3.63) is 0 Å². The number of carbonyl (C=O) groups excluding carboxylic acids is 2. The number of hydrogen-bond donors (Lipinski definition) is 1. The summed E-state index contributed by atoms with van der Waals surface area (Å²) in [5, 5.41) is 2.68. The van der Waals surface area contributed by atoms with Gasteiger partial charge in [-0.1, -0.05) is 0 Å². The maximum absolute atomic E-state index is 12.0. The molecule has 15 heavy (non-hydrogen) atoms. The first-order valence-corrected chi connectivity index (χ1v) is 5.34. The molecule has 2 heterocycles. The Morgan fingerprint density at radius 3 is 3.00 bits per heavy atom.